The van der Waals surface area contributed by atoms with Crippen molar-refractivity contribution in [3.63, 3.8) is 0 Å². The third-order valence-electron chi connectivity index (χ3n) is 3.12. The predicted molar refractivity (Wildman–Crippen MR) is 70.5 cm³/mol. The number of carbonyl (C=O) groups excluding carboxylic acids is 1. The van der Waals surface area contributed by atoms with E-state index < -0.39 is 18.0 Å². The second-order valence-corrected chi connectivity index (χ2v) is 5.47. The number of amides is 1. The van der Waals surface area contributed by atoms with E-state index in [2.05, 4.69) is 26.0 Å². The van der Waals surface area contributed by atoms with Gasteiger partial charge in [0.1, 0.15) is 5.75 Å². The standard InChI is InChI=1S/C13H13BrF3NO2/c14-9-6-3-7-10(20-13(15,16)17)11(9)12(19)18-8-4-1-2-5-8/h3,6-8H,1-2,4-5H2,(H,18,19). The van der Waals surface area contributed by atoms with E-state index in [1.54, 1.807) is 0 Å². The zero-order valence-electron chi connectivity index (χ0n) is 10.5. The van der Waals surface area contributed by atoms with Crippen molar-refractivity contribution < 1.29 is 22.7 Å². The smallest absolute Gasteiger partial charge is 0.405 e. The van der Waals surface area contributed by atoms with Gasteiger partial charge in [0.2, 0.25) is 0 Å². The van der Waals surface area contributed by atoms with Crippen LogP contribution in [0.15, 0.2) is 22.7 Å². The van der Waals surface area contributed by atoms with E-state index in [9.17, 15) is 18.0 Å². The lowest BCUT2D eigenvalue weighted by Crippen LogP contribution is -2.33. The molecule has 0 radical (unpaired) electrons. The highest BCUT2D eigenvalue weighted by Gasteiger charge is 2.33. The summed E-state index contributed by atoms with van der Waals surface area (Å²) in [5.74, 6) is -1.05. The first-order valence-corrected chi connectivity index (χ1v) is 7.01. The van der Waals surface area contributed by atoms with Crippen LogP contribution >= 0.6 is 15.9 Å². The minimum Gasteiger partial charge on any atom is -0.405 e. The van der Waals surface area contributed by atoms with Crippen molar-refractivity contribution in [2.75, 3.05) is 0 Å². The molecule has 110 valence electrons. The SMILES string of the molecule is O=C(NC1CCCC1)c1c(Br)cccc1OC(F)(F)F. The molecular weight excluding hydrogens is 339 g/mol. The molecule has 1 aliphatic carbocycles. The molecule has 1 saturated carbocycles. The van der Waals surface area contributed by atoms with Crippen molar-refractivity contribution in [2.45, 2.75) is 38.1 Å². The lowest BCUT2D eigenvalue weighted by molar-refractivity contribution is -0.274. The van der Waals surface area contributed by atoms with Gasteiger partial charge >= 0.3 is 6.36 Å². The van der Waals surface area contributed by atoms with Gasteiger partial charge in [0.15, 0.2) is 0 Å². The summed E-state index contributed by atoms with van der Waals surface area (Å²) < 4.78 is 41.2. The van der Waals surface area contributed by atoms with E-state index >= 15 is 0 Å². The largest absolute Gasteiger partial charge is 0.573 e. The van der Waals surface area contributed by atoms with Crippen LogP contribution in [0.1, 0.15) is 36.0 Å². The maximum Gasteiger partial charge on any atom is 0.573 e. The number of nitrogens with one attached hydrogen (secondary N) is 1. The Balaban J connectivity index is 2.22. The Hall–Kier alpha value is -1.24. The van der Waals surface area contributed by atoms with Gasteiger partial charge in [-0.1, -0.05) is 18.9 Å². The fourth-order valence-electron chi connectivity index (χ4n) is 2.26. The van der Waals surface area contributed by atoms with Crippen molar-refractivity contribution in [1.29, 1.82) is 0 Å². The zero-order valence-corrected chi connectivity index (χ0v) is 12.1. The molecule has 1 fully saturated rings. The van der Waals surface area contributed by atoms with Crippen LogP contribution < -0.4 is 10.1 Å². The number of benzene rings is 1. The Bertz CT molecular complexity index is 499. The lowest BCUT2D eigenvalue weighted by atomic mass is 10.1. The van der Waals surface area contributed by atoms with Gasteiger partial charge in [0.25, 0.3) is 5.91 Å². The number of hydrogen-bond donors (Lipinski definition) is 1. The van der Waals surface area contributed by atoms with Crippen LogP contribution in [-0.4, -0.2) is 18.3 Å². The first kappa shape index (κ1) is 15.2. The van der Waals surface area contributed by atoms with Crippen LogP contribution in [0.4, 0.5) is 13.2 Å². The maximum absolute atomic E-state index is 12.4. The fraction of sp³-hybridized carbons (Fsp3) is 0.462. The van der Waals surface area contributed by atoms with Crippen molar-refractivity contribution >= 4 is 21.8 Å². The van der Waals surface area contributed by atoms with Crippen LogP contribution in [0, 0.1) is 0 Å². The molecule has 1 aromatic rings. The van der Waals surface area contributed by atoms with Crippen molar-refractivity contribution in [1.82, 2.24) is 5.32 Å². The van der Waals surface area contributed by atoms with E-state index in [0.717, 1.165) is 31.7 Å². The van der Waals surface area contributed by atoms with E-state index in [1.807, 2.05) is 0 Å². The molecule has 1 amide bonds. The average molecular weight is 352 g/mol. The summed E-state index contributed by atoms with van der Waals surface area (Å²) in [5.41, 5.74) is -0.128. The second kappa shape index (κ2) is 6.03. The molecule has 7 heteroatoms. The molecule has 0 bridgehead atoms. The van der Waals surface area contributed by atoms with Gasteiger partial charge in [-0.15, -0.1) is 13.2 Å². The molecule has 1 aliphatic rings. The van der Waals surface area contributed by atoms with Gasteiger partial charge < -0.3 is 10.1 Å². The molecule has 1 aromatic carbocycles. The van der Waals surface area contributed by atoms with Crippen molar-refractivity contribution in [3.05, 3.63) is 28.2 Å². The monoisotopic (exact) mass is 351 g/mol. The number of hydrogen-bond acceptors (Lipinski definition) is 2. The molecule has 0 saturated heterocycles. The quantitative estimate of drug-likeness (QED) is 0.892. The topological polar surface area (TPSA) is 38.3 Å². The summed E-state index contributed by atoms with van der Waals surface area (Å²) in [4.78, 5) is 12.1. The number of carbonyl (C=O) groups is 1. The minimum atomic E-state index is -4.83. The summed E-state index contributed by atoms with van der Waals surface area (Å²) in [7, 11) is 0. The highest BCUT2D eigenvalue weighted by Crippen LogP contribution is 2.31. The third kappa shape index (κ3) is 3.88. The molecule has 0 spiro atoms. The van der Waals surface area contributed by atoms with Crippen LogP contribution in [0.2, 0.25) is 0 Å². The van der Waals surface area contributed by atoms with Crippen molar-refractivity contribution in [3.8, 4) is 5.75 Å². The summed E-state index contributed by atoms with van der Waals surface area (Å²) in [6, 6.07) is 4.04. The first-order chi connectivity index (χ1) is 9.37. The minimum absolute atomic E-state index is 0.0216. The Morgan fingerprint density at radius 1 is 1.30 bits per heavy atom. The number of ether oxygens (including phenoxy) is 1. The maximum atomic E-state index is 12.4. The summed E-state index contributed by atoms with van der Waals surface area (Å²) in [6.07, 6.45) is -1.08. The molecule has 20 heavy (non-hydrogen) atoms. The highest BCUT2D eigenvalue weighted by molar-refractivity contribution is 9.10. The van der Waals surface area contributed by atoms with Gasteiger partial charge in [0, 0.05) is 10.5 Å². The average Bonchev–Trinajstić information content (AvgIpc) is 2.79. The van der Waals surface area contributed by atoms with Gasteiger partial charge in [0.05, 0.1) is 5.56 Å². The predicted octanol–water partition coefficient (Wildman–Crippen LogP) is 4.02. The Kier molecular flexibility index (Phi) is 4.57. The van der Waals surface area contributed by atoms with Crippen LogP contribution in [0.3, 0.4) is 0 Å². The number of halogens is 4. The Labute approximate surface area is 122 Å². The van der Waals surface area contributed by atoms with E-state index in [-0.39, 0.29) is 16.1 Å². The molecular formula is C13H13BrF3NO2. The van der Waals surface area contributed by atoms with Crippen LogP contribution in [0.5, 0.6) is 5.75 Å². The summed E-state index contributed by atoms with van der Waals surface area (Å²) in [6.45, 7) is 0. The van der Waals surface area contributed by atoms with E-state index in [1.165, 1.54) is 12.1 Å². The summed E-state index contributed by atoms with van der Waals surface area (Å²) in [5, 5.41) is 2.75. The highest BCUT2D eigenvalue weighted by atomic mass is 79.9. The van der Waals surface area contributed by atoms with E-state index in [4.69, 9.17) is 0 Å². The van der Waals surface area contributed by atoms with Gasteiger partial charge in [-0.05, 0) is 40.9 Å². The van der Waals surface area contributed by atoms with Gasteiger partial charge in [-0.3, -0.25) is 4.79 Å². The molecule has 0 aliphatic heterocycles. The van der Waals surface area contributed by atoms with Gasteiger partial charge in [-0.2, -0.15) is 0 Å². The van der Waals surface area contributed by atoms with Crippen LogP contribution in [-0.2, 0) is 0 Å². The third-order valence-corrected chi connectivity index (χ3v) is 3.78. The first-order valence-electron chi connectivity index (χ1n) is 6.22. The lowest BCUT2D eigenvalue weighted by Gasteiger charge is -2.16. The molecule has 3 nitrogen and oxygen atoms in total. The molecule has 1 N–H and O–H groups in total. The number of alkyl halides is 3. The molecule has 0 heterocycles. The normalized spacial score (nSPS) is 16.2. The summed E-state index contributed by atoms with van der Waals surface area (Å²) >= 11 is 3.10. The molecule has 2 rings (SSSR count). The van der Waals surface area contributed by atoms with Crippen molar-refractivity contribution in [2.24, 2.45) is 0 Å². The molecule has 0 aromatic heterocycles. The van der Waals surface area contributed by atoms with Gasteiger partial charge in [-0.25, -0.2) is 0 Å². The Morgan fingerprint density at radius 3 is 2.55 bits per heavy atom. The number of rotatable bonds is 3. The van der Waals surface area contributed by atoms with E-state index in [0.29, 0.717) is 0 Å². The fourth-order valence-corrected chi connectivity index (χ4v) is 2.79. The molecule has 0 unspecified atom stereocenters. The second-order valence-electron chi connectivity index (χ2n) is 4.62. The van der Waals surface area contributed by atoms with Crippen LogP contribution in [0.25, 0.3) is 0 Å². The molecule has 0 atom stereocenters. The zero-order chi connectivity index (χ0) is 14.8. The Morgan fingerprint density at radius 2 is 1.95 bits per heavy atom.